The number of aromatic nitrogens is 2. The molecule has 3 aromatic rings. The first-order chi connectivity index (χ1) is 14.2. The Kier molecular flexibility index (Phi) is 5.11. The van der Waals surface area contributed by atoms with Crippen LogP contribution in [0, 0.1) is 13.8 Å². The van der Waals surface area contributed by atoms with Gasteiger partial charge in [0.25, 0.3) is 5.56 Å². The van der Waals surface area contributed by atoms with Gasteiger partial charge in [0, 0.05) is 23.5 Å². The molecule has 0 spiro atoms. The van der Waals surface area contributed by atoms with Crippen molar-refractivity contribution in [1.82, 2.24) is 14.5 Å². The number of hydrogen-bond donors (Lipinski definition) is 0. The second-order valence-corrected chi connectivity index (χ2v) is 7.43. The highest BCUT2D eigenvalue weighted by atomic mass is 19.4. The van der Waals surface area contributed by atoms with Gasteiger partial charge in [-0.1, -0.05) is 36.4 Å². The predicted molar refractivity (Wildman–Crippen MR) is 108 cm³/mol. The number of hydrogen-bond acceptors (Lipinski definition) is 4. The maximum absolute atomic E-state index is 13.3. The number of benzene rings is 2. The Hall–Kier alpha value is -3.13. The van der Waals surface area contributed by atoms with Gasteiger partial charge in [-0.15, -0.1) is 0 Å². The molecule has 0 N–H and O–H groups in total. The number of anilines is 2. The number of rotatable bonds is 3. The van der Waals surface area contributed by atoms with Crippen molar-refractivity contribution in [2.45, 2.75) is 33.2 Å². The number of aryl methyl sites for hydroxylation is 1. The Bertz CT molecular complexity index is 1130. The molecule has 1 aromatic heterocycles. The second kappa shape index (κ2) is 7.60. The number of halogens is 3. The van der Waals surface area contributed by atoms with Crippen molar-refractivity contribution in [3.8, 4) is 0 Å². The molecule has 0 amide bonds. The van der Waals surface area contributed by atoms with E-state index in [-0.39, 0.29) is 5.56 Å². The first-order valence-corrected chi connectivity index (χ1v) is 9.53. The van der Waals surface area contributed by atoms with E-state index in [0.717, 1.165) is 17.7 Å². The number of fused-ring (bicyclic) bond motifs is 1. The first-order valence-electron chi connectivity index (χ1n) is 9.53. The summed E-state index contributed by atoms with van der Waals surface area (Å²) in [4.78, 5) is 21.1. The summed E-state index contributed by atoms with van der Waals surface area (Å²) in [7, 11) is 0. The van der Waals surface area contributed by atoms with Gasteiger partial charge in [0.1, 0.15) is 0 Å². The molecule has 0 radical (unpaired) electrons. The highest BCUT2D eigenvalue weighted by Gasteiger charge is 2.32. The van der Waals surface area contributed by atoms with Gasteiger partial charge < -0.3 is 0 Å². The summed E-state index contributed by atoms with van der Waals surface area (Å²) in [6.45, 7) is 4.62. The van der Waals surface area contributed by atoms with Crippen LogP contribution < -0.4 is 10.5 Å². The SMILES string of the molecule is Cc1nc2n(c(=O)c1C)CN(Cc1ccccc1)CN2c1cccc(C(F)(F)F)c1. The standard InChI is InChI=1S/C22H21F3N4O/c1-15-16(2)26-21-28(19-10-6-9-18(11-19)22(23,24)25)13-27(14-29(21)20(15)30)12-17-7-4-3-5-8-17/h3-11H,12-14H2,1-2H3. The molecule has 5 nitrogen and oxygen atoms in total. The highest BCUT2D eigenvalue weighted by Crippen LogP contribution is 2.34. The van der Waals surface area contributed by atoms with Crippen molar-refractivity contribution in [1.29, 1.82) is 0 Å². The molecule has 0 atom stereocenters. The lowest BCUT2D eigenvalue weighted by Gasteiger charge is -2.38. The van der Waals surface area contributed by atoms with Gasteiger partial charge >= 0.3 is 6.18 Å². The van der Waals surface area contributed by atoms with Gasteiger partial charge in [0.05, 0.1) is 18.9 Å². The fourth-order valence-electron chi connectivity index (χ4n) is 3.57. The molecule has 8 heteroatoms. The third-order valence-corrected chi connectivity index (χ3v) is 5.28. The van der Waals surface area contributed by atoms with E-state index >= 15 is 0 Å². The average molecular weight is 414 g/mol. The van der Waals surface area contributed by atoms with E-state index in [1.165, 1.54) is 10.6 Å². The maximum Gasteiger partial charge on any atom is 0.416 e. The van der Waals surface area contributed by atoms with Crippen LogP contribution in [0.3, 0.4) is 0 Å². The molecular weight excluding hydrogens is 393 g/mol. The van der Waals surface area contributed by atoms with Crippen LogP contribution >= 0.6 is 0 Å². The van der Waals surface area contributed by atoms with Crippen LogP contribution in [0.4, 0.5) is 24.8 Å². The van der Waals surface area contributed by atoms with Crippen LogP contribution in [-0.2, 0) is 19.4 Å². The van der Waals surface area contributed by atoms with Gasteiger partial charge in [0.15, 0.2) is 0 Å². The second-order valence-electron chi connectivity index (χ2n) is 7.43. The quantitative estimate of drug-likeness (QED) is 0.635. The molecule has 30 heavy (non-hydrogen) atoms. The van der Waals surface area contributed by atoms with Crippen LogP contribution in [0.5, 0.6) is 0 Å². The number of nitrogens with zero attached hydrogens (tertiary/aromatic N) is 4. The lowest BCUT2D eigenvalue weighted by molar-refractivity contribution is -0.137. The van der Waals surface area contributed by atoms with Crippen LogP contribution in [0.15, 0.2) is 59.4 Å². The molecule has 1 aliphatic rings. The minimum absolute atomic E-state index is 0.188. The molecule has 0 saturated heterocycles. The molecule has 2 heterocycles. The lowest BCUT2D eigenvalue weighted by atomic mass is 10.1. The van der Waals surface area contributed by atoms with Crippen molar-refractivity contribution in [3.05, 3.63) is 87.3 Å². The van der Waals surface area contributed by atoms with Crippen LogP contribution in [0.1, 0.15) is 22.4 Å². The van der Waals surface area contributed by atoms with Crippen molar-refractivity contribution < 1.29 is 13.2 Å². The molecular formula is C22H21F3N4O. The van der Waals surface area contributed by atoms with E-state index in [0.29, 0.717) is 42.8 Å². The topological polar surface area (TPSA) is 41.4 Å². The van der Waals surface area contributed by atoms with Crippen LogP contribution in [0.2, 0.25) is 0 Å². The third kappa shape index (κ3) is 3.82. The van der Waals surface area contributed by atoms with E-state index in [2.05, 4.69) is 4.98 Å². The zero-order chi connectivity index (χ0) is 21.5. The van der Waals surface area contributed by atoms with Gasteiger partial charge in [0.2, 0.25) is 5.95 Å². The Morgan fingerprint density at radius 3 is 2.43 bits per heavy atom. The van der Waals surface area contributed by atoms with E-state index in [9.17, 15) is 18.0 Å². The van der Waals surface area contributed by atoms with E-state index < -0.39 is 11.7 Å². The molecule has 156 valence electrons. The van der Waals surface area contributed by atoms with Crippen LogP contribution in [0.25, 0.3) is 0 Å². The van der Waals surface area contributed by atoms with Gasteiger partial charge in [-0.3, -0.25) is 19.2 Å². The van der Waals surface area contributed by atoms with Crippen molar-refractivity contribution in [2.24, 2.45) is 0 Å². The summed E-state index contributed by atoms with van der Waals surface area (Å²) >= 11 is 0. The van der Waals surface area contributed by atoms with E-state index in [1.807, 2.05) is 35.2 Å². The summed E-state index contributed by atoms with van der Waals surface area (Å²) in [5, 5.41) is 0. The third-order valence-electron chi connectivity index (χ3n) is 5.28. The van der Waals surface area contributed by atoms with E-state index in [1.54, 1.807) is 24.8 Å². The molecule has 0 unspecified atom stereocenters. The Morgan fingerprint density at radius 1 is 1.00 bits per heavy atom. The van der Waals surface area contributed by atoms with Gasteiger partial charge in [-0.2, -0.15) is 13.2 Å². The Balaban J connectivity index is 1.80. The molecule has 2 aromatic carbocycles. The zero-order valence-corrected chi connectivity index (χ0v) is 16.6. The Labute approximate surface area is 172 Å². The smallest absolute Gasteiger partial charge is 0.298 e. The predicted octanol–water partition coefficient (Wildman–Crippen LogP) is 4.45. The zero-order valence-electron chi connectivity index (χ0n) is 16.6. The summed E-state index contributed by atoms with van der Waals surface area (Å²) < 4.78 is 41.4. The largest absolute Gasteiger partial charge is 0.416 e. The Morgan fingerprint density at radius 2 is 1.73 bits per heavy atom. The van der Waals surface area contributed by atoms with Gasteiger partial charge in [-0.25, -0.2) is 4.98 Å². The minimum Gasteiger partial charge on any atom is -0.298 e. The van der Waals surface area contributed by atoms with Crippen LogP contribution in [-0.4, -0.2) is 21.1 Å². The lowest BCUT2D eigenvalue weighted by Crippen LogP contribution is -2.47. The fourth-order valence-corrected chi connectivity index (χ4v) is 3.57. The molecule has 1 aliphatic heterocycles. The summed E-state index contributed by atoms with van der Waals surface area (Å²) in [5.74, 6) is 0.353. The molecule has 0 aliphatic carbocycles. The summed E-state index contributed by atoms with van der Waals surface area (Å²) in [6, 6.07) is 14.8. The molecule has 0 saturated carbocycles. The summed E-state index contributed by atoms with van der Waals surface area (Å²) in [6.07, 6.45) is -4.45. The highest BCUT2D eigenvalue weighted by molar-refractivity contribution is 5.59. The monoisotopic (exact) mass is 414 g/mol. The van der Waals surface area contributed by atoms with Crippen molar-refractivity contribution >= 4 is 11.6 Å². The number of alkyl halides is 3. The average Bonchev–Trinajstić information content (AvgIpc) is 2.72. The first kappa shape index (κ1) is 20.2. The van der Waals surface area contributed by atoms with E-state index in [4.69, 9.17) is 0 Å². The minimum atomic E-state index is -4.45. The molecule has 0 bridgehead atoms. The normalized spacial score (nSPS) is 14.6. The van der Waals surface area contributed by atoms with Gasteiger partial charge in [-0.05, 0) is 37.6 Å². The molecule has 4 rings (SSSR count). The molecule has 0 fully saturated rings. The van der Waals surface area contributed by atoms with Crippen molar-refractivity contribution in [2.75, 3.05) is 11.6 Å². The fraction of sp³-hybridized carbons (Fsp3) is 0.273. The maximum atomic E-state index is 13.3. The summed E-state index contributed by atoms with van der Waals surface area (Å²) in [5.41, 5.74) is 1.57. The van der Waals surface area contributed by atoms with Crippen molar-refractivity contribution in [3.63, 3.8) is 0 Å².